The molecule has 2 amide bonds. The van der Waals surface area contributed by atoms with Gasteiger partial charge < -0.3 is 10.2 Å². The summed E-state index contributed by atoms with van der Waals surface area (Å²) in [6.07, 6.45) is 7.16. The number of likely N-dealkylation sites (tertiary alicyclic amines) is 1. The second-order valence-corrected chi connectivity index (χ2v) is 8.26. The maximum atomic E-state index is 12.1. The highest BCUT2D eigenvalue weighted by atomic mass is 32.1. The van der Waals surface area contributed by atoms with Gasteiger partial charge in [-0.2, -0.15) is 0 Å². The lowest BCUT2D eigenvalue weighted by molar-refractivity contribution is -0.133. The zero-order chi connectivity index (χ0) is 16.5. The van der Waals surface area contributed by atoms with Crippen molar-refractivity contribution in [1.82, 2.24) is 15.2 Å². The quantitative estimate of drug-likeness (QED) is 0.859. The maximum Gasteiger partial charge on any atom is 0.225 e. The van der Waals surface area contributed by atoms with Crippen LogP contribution in [0.4, 0.5) is 0 Å². The summed E-state index contributed by atoms with van der Waals surface area (Å²) in [6.45, 7) is 2.45. The molecule has 1 aromatic heterocycles. The van der Waals surface area contributed by atoms with Gasteiger partial charge in [0.05, 0.1) is 10.7 Å². The van der Waals surface area contributed by atoms with Crippen LogP contribution in [0.3, 0.4) is 0 Å². The summed E-state index contributed by atoms with van der Waals surface area (Å²) in [7, 11) is 0. The molecular formula is C18H25N3O2S. The lowest BCUT2D eigenvalue weighted by Gasteiger charge is -2.31. The summed E-state index contributed by atoms with van der Waals surface area (Å²) in [5.74, 6) is 1.68. The minimum absolute atomic E-state index is 0.207. The minimum atomic E-state index is 0.207. The Morgan fingerprint density at radius 2 is 1.83 bits per heavy atom. The molecule has 2 saturated carbocycles. The molecule has 1 saturated heterocycles. The molecule has 2 heterocycles. The van der Waals surface area contributed by atoms with Crippen LogP contribution >= 0.6 is 11.3 Å². The summed E-state index contributed by atoms with van der Waals surface area (Å²) in [4.78, 5) is 30.6. The molecule has 1 aromatic rings. The minimum Gasteiger partial charge on any atom is -0.355 e. The smallest absolute Gasteiger partial charge is 0.225 e. The molecule has 5 nitrogen and oxygen atoms in total. The van der Waals surface area contributed by atoms with E-state index in [9.17, 15) is 9.59 Å². The van der Waals surface area contributed by atoms with Gasteiger partial charge in [0, 0.05) is 49.2 Å². The van der Waals surface area contributed by atoms with E-state index in [4.69, 9.17) is 4.98 Å². The van der Waals surface area contributed by atoms with Gasteiger partial charge in [-0.15, -0.1) is 11.3 Å². The van der Waals surface area contributed by atoms with Gasteiger partial charge in [0.2, 0.25) is 11.8 Å². The number of aromatic nitrogens is 1. The Bertz CT molecular complexity index is 614. The summed E-state index contributed by atoms with van der Waals surface area (Å²) in [6, 6.07) is 0. The molecule has 0 radical (unpaired) electrons. The van der Waals surface area contributed by atoms with Gasteiger partial charge in [0.25, 0.3) is 0 Å². The number of piperidine rings is 1. The van der Waals surface area contributed by atoms with Crippen LogP contribution in [0.15, 0.2) is 5.38 Å². The van der Waals surface area contributed by atoms with Crippen molar-refractivity contribution in [3.63, 3.8) is 0 Å². The molecule has 130 valence electrons. The number of rotatable bonds is 6. The van der Waals surface area contributed by atoms with Crippen LogP contribution in [0.2, 0.25) is 0 Å². The van der Waals surface area contributed by atoms with Crippen LogP contribution in [-0.4, -0.2) is 41.3 Å². The molecular weight excluding hydrogens is 322 g/mol. The number of amides is 2. The summed E-state index contributed by atoms with van der Waals surface area (Å²) in [5.41, 5.74) is 1.09. The normalized spacial score (nSPS) is 21.8. The van der Waals surface area contributed by atoms with Crippen LogP contribution in [0.1, 0.15) is 55.1 Å². The largest absolute Gasteiger partial charge is 0.355 e. The Kier molecular flexibility index (Phi) is 4.57. The monoisotopic (exact) mass is 347 g/mol. The molecule has 4 rings (SSSR count). The van der Waals surface area contributed by atoms with E-state index >= 15 is 0 Å². The van der Waals surface area contributed by atoms with Gasteiger partial charge in [-0.3, -0.25) is 9.59 Å². The number of carbonyl (C=O) groups is 2. The van der Waals surface area contributed by atoms with Crippen molar-refractivity contribution in [3.8, 4) is 0 Å². The highest BCUT2D eigenvalue weighted by Crippen LogP contribution is 2.35. The molecule has 2 aliphatic carbocycles. The van der Waals surface area contributed by atoms with Crippen LogP contribution < -0.4 is 5.32 Å². The predicted octanol–water partition coefficient (Wildman–Crippen LogP) is 2.33. The van der Waals surface area contributed by atoms with Crippen molar-refractivity contribution < 1.29 is 9.59 Å². The molecule has 24 heavy (non-hydrogen) atoms. The highest BCUT2D eigenvalue weighted by Gasteiger charge is 2.35. The van der Waals surface area contributed by atoms with Gasteiger partial charge in [-0.05, 0) is 38.5 Å². The topological polar surface area (TPSA) is 62.3 Å². The zero-order valence-corrected chi connectivity index (χ0v) is 14.8. The van der Waals surface area contributed by atoms with E-state index in [1.54, 1.807) is 11.3 Å². The fourth-order valence-corrected chi connectivity index (χ4v) is 4.39. The molecule has 3 aliphatic rings. The number of carbonyl (C=O) groups excluding carboxylic acids is 2. The first kappa shape index (κ1) is 16.1. The third-order valence-corrected chi connectivity index (χ3v) is 6.34. The first-order chi connectivity index (χ1) is 11.7. The first-order valence-corrected chi connectivity index (χ1v) is 10.1. The van der Waals surface area contributed by atoms with Crippen molar-refractivity contribution in [2.24, 2.45) is 11.8 Å². The van der Waals surface area contributed by atoms with Gasteiger partial charge >= 0.3 is 0 Å². The van der Waals surface area contributed by atoms with E-state index in [0.29, 0.717) is 24.3 Å². The fourth-order valence-electron chi connectivity index (χ4n) is 3.36. The van der Waals surface area contributed by atoms with E-state index in [1.807, 2.05) is 0 Å². The first-order valence-electron chi connectivity index (χ1n) is 9.21. The van der Waals surface area contributed by atoms with Crippen molar-refractivity contribution >= 4 is 23.2 Å². The number of nitrogens with zero attached hydrogens (tertiary/aromatic N) is 2. The molecule has 0 unspecified atom stereocenters. The molecule has 1 aliphatic heterocycles. The van der Waals surface area contributed by atoms with Gasteiger partial charge in [-0.25, -0.2) is 4.98 Å². The molecule has 0 atom stereocenters. The number of hydrogen-bond acceptors (Lipinski definition) is 4. The Labute approximate surface area is 146 Å². The molecule has 1 N–H and O–H groups in total. The van der Waals surface area contributed by atoms with Crippen LogP contribution in [-0.2, 0) is 16.0 Å². The Hall–Kier alpha value is -1.43. The zero-order valence-electron chi connectivity index (χ0n) is 14.0. The van der Waals surface area contributed by atoms with Crippen LogP contribution in [0, 0.1) is 11.8 Å². The Morgan fingerprint density at radius 3 is 2.50 bits per heavy atom. The van der Waals surface area contributed by atoms with Crippen LogP contribution in [0.25, 0.3) is 0 Å². The summed E-state index contributed by atoms with van der Waals surface area (Å²) < 4.78 is 0. The average Bonchev–Trinajstić information content (AvgIpc) is 3.52. The Morgan fingerprint density at radius 1 is 1.12 bits per heavy atom. The molecule has 0 spiro atoms. The van der Waals surface area contributed by atoms with E-state index in [-0.39, 0.29) is 11.8 Å². The number of nitrogens with one attached hydrogen (secondary N) is 1. The fraction of sp³-hybridized carbons (Fsp3) is 0.722. The lowest BCUT2D eigenvalue weighted by Crippen LogP contribution is -2.38. The van der Waals surface area contributed by atoms with E-state index in [0.717, 1.165) is 63.7 Å². The second-order valence-electron chi connectivity index (χ2n) is 7.37. The van der Waals surface area contributed by atoms with Gasteiger partial charge in [0.1, 0.15) is 0 Å². The van der Waals surface area contributed by atoms with Crippen molar-refractivity contribution in [1.29, 1.82) is 0 Å². The van der Waals surface area contributed by atoms with Crippen molar-refractivity contribution in [2.45, 2.75) is 50.9 Å². The molecule has 3 fully saturated rings. The Balaban J connectivity index is 1.23. The summed E-state index contributed by atoms with van der Waals surface area (Å²) >= 11 is 1.73. The molecule has 6 heteroatoms. The van der Waals surface area contributed by atoms with Crippen molar-refractivity contribution in [3.05, 3.63) is 16.1 Å². The van der Waals surface area contributed by atoms with Crippen molar-refractivity contribution in [2.75, 3.05) is 19.6 Å². The standard InChI is InChI=1S/C18H25N3O2S/c22-16(12-1-2-12)19-8-5-15-11-24-17(20-15)13-6-9-21(10-7-13)18(23)14-3-4-14/h11-14H,1-10H2,(H,19,22). The average molecular weight is 347 g/mol. The van der Waals surface area contributed by atoms with Gasteiger partial charge in [-0.1, -0.05) is 0 Å². The predicted molar refractivity (Wildman–Crippen MR) is 92.8 cm³/mol. The third-order valence-electron chi connectivity index (χ3n) is 5.28. The third kappa shape index (κ3) is 3.79. The second kappa shape index (κ2) is 6.82. The number of thiazole rings is 1. The maximum absolute atomic E-state index is 12.1. The van der Waals surface area contributed by atoms with Gasteiger partial charge in [0.15, 0.2) is 0 Å². The van der Waals surface area contributed by atoms with Crippen LogP contribution in [0.5, 0.6) is 0 Å². The lowest BCUT2D eigenvalue weighted by atomic mass is 9.97. The molecule has 0 aromatic carbocycles. The summed E-state index contributed by atoms with van der Waals surface area (Å²) in [5, 5.41) is 6.33. The van der Waals surface area contributed by atoms with E-state index < -0.39 is 0 Å². The molecule has 0 bridgehead atoms. The van der Waals surface area contributed by atoms with E-state index in [2.05, 4.69) is 15.6 Å². The highest BCUT2D eigenvalue weighted by molar-refractivity contribution is 7.09. The van der Waals surface area contributed by atoms with E-state index in [1.165, 1.54) is 5.01 Å². The number of hydrogen-bond donors (Lipinski definition) is 1. The SMILES string of the molecule is O=C(NCCc1csc(C2CCN(C(=O)C3CC3)CC2)n1)C1CC1.